The van der Waals surface area contributed by atoms with Gasteiger partial charge in [0.15, 0.2) is 0 Å². The van der Waals surface area contributed by atoms with E-state index in [4.69, 9.17) is 15.2 Å². The normalized spacial score (nSPS) is 10.9. The number of alkyl halides is 3. The molecule has 0 saturated heterocycles. The van der Waals surface area contributed by atoms with Gasteiger partial charge in [-0.25, -0.2) is 9.59 Å². The summed E-state index contributed by atoms with van der Waals surface area (Å²) in [4.78, 5) is 24.1. The molecule has 2 N–H and O–H groups in total. The molecule has 1 heterocycles. The number of hydrogen-bond donors (Lipinski definition) is 1. The van der Waals surface area contributed by atoms with Gasteiger partial charge in [-0.05, 0) is 31.2 Å². The first-order chi connectivity index (χ1) is 12.7. The van der Waals surface area contributed by atoms with Crippen molar-refractivity contribution in [2.75, 3.05) is 12.3 Å². The van der Waals surface area contributed by atoms with Crippen molar-refractivity contribution in [1.82, 2.24) is 0 Å². The first-order valence-corrected chi connectivity index (χ1v) is 8.33. The van der Waals surface area contributed by atoms with E-state index in [0.717, 1.165) is 35.6 Å². The van der Waals surface area contributed by atoms with Gasteiger partial charge in [0.1, 0.15) is 22.6 Å². The minimum Gasteiger partial charge on any atom is -0.462 e. The van der Waals surface area contributed by atoms with Gasteiger partial charge < -0.3 is 15.2 Å². The zero-order valence-corrected chi connectivity index (χ0v) is 14.7. The lowest BCUT2D eigenvalue weighted by atomic mass is 10.1. The van der Waals surface area contributed by atoms with Gasteiger partial charge in [-0.1, -0.05) is 0 Å². The van der Waals surface area contributed by atoms with Crippen LogP contribution in [0.2, 0.25) is 0 Å². The fourth-order valence-electron chi connectivity index (χ4n) is 2.12. The molecule has 0 amide bonds. The van der Waals surface area contributed by atoms with Gasteiger partial charge in [0.2, 0.25) is 0 Å². The van der Waals surface area contributed by atoms with Crippen molar-refractivity contribution in [3.63, 3.8) is 0 Å². The first kappa shape index (κ1) is 20.3. The van der Waals surface area contributed by atoms with E-state index in [9.17, 15) is 28.0 Å². The van der Waals surface area contributed by atoms with Gasteiger partial charge in [-0.2, -0.15) is 18.4 Å². The number of anilines is 1. The van der Waals surface area contributed by atoms with Crippen LogP contribution in [0.3, 0.4) is 0 Å². The van der Waals surface area contributed by atoms with E-state index in [2.05, 4.69) is 0 Å². The summed E-state index contributed by atoms with van der Waals surface area (Å²) in [5, 5.41) is 9.26. The van der Waals surface area contributed by atoms with Gasteiger partial charge >= 0.3 is 18.1 Å². The quantitative estimate of drug-likeness (QED) is 0.770. The number of nitrogen functional groups attached to an aromatic ring is 1. The van der Waals surface area contributed by atoms with E-state index in [1.165, 1.54) is 0 Å². The third-order valence-electron chi connectivity index (χ3n) is 3.40. The number of carbonyl (C=O) groups is 2. The molecule has 6 nitrogen and oxygen atoms in total. The number of halogens is 3. The van der Waals surface area contributed by atoms with Crippen molar-refractivity contribution in [3.05, 3.63) is 51.4 Å². The molecule has 1 aromatic carbocycles. The maximum atomic E-state index is 12.6. The van der Waals surface area contributed by atoms with Gasteiger partial charge in [0, 0.05) is 5.56 Å². The molecule has 10 heteroatoms. The smallest absolute Gasteiger partial charge is 0.416 e. The maximum absolute atomic E-state index is 12.6. The fourth-order valence-corrected chi connectivity index (χ4v) is 3.04. The van der Waals surface area contributed by atoms with Crippen LogP contribution in [0.5, 0.6) is 0 Å². The predicted molar refractivity (Wildman–Crippen MR) is 90.0 cm³/mol. The maximum Gasteiger partial charge on any atom is 0.416 e. The topological polar surface area (TPSA) is 102 Å². The number of benzene rings is 1. The average molecular weight is 398 g/mol. The molecule has 0 aliphatic carbocycles. The minimum absolute atomic E-state index is 0.0109. The van der Waals surface area contributed by atoms with E-state index in [-0.39, 0.29) is 33.2 Å². The number of nitrogens with zero attached hydrogens (tertiary/aromatic N) is 1. The fraction of sp³-hybridized carbons (Fsp3) is 0.235. The highest BCUT2D eigenvalue weighted by molar-refractivity contribution is 7.18. The average Bonchev–Trinajstić information content (AvgIpc) is 2.94. The lowest BCUT2D eigenvalue weighted by molar-refractivity contribution is -0.137. The number of rotatable bonds is 5. The molecule has 0 saturated carbocycles. The Bertz CT molecular complexity index is 899. The largest absolute Gasteiger partial charge is 0.462 e. The van der Waals surface area contributed by atoms with Crippen LogP contribution in [-0.2, 0) is 22.3 Å². The van der Waals surface area contributed by atoms with Crippen molar-refractivity contribution in [1.29, 1.82) is 5.26 Å². The summed E-state index contributed by atoms with van der Waals surface area (Å²) in [6.45, 7) is 1.25. The van der Waals surface area contributed by atoms with E-state index in [0.29, 0.717) is 0 Å². The third-order valence-corrected chi connectivity index (χ3v) is 4.44. The molecule has 0 atom stereocenters. The number of nitrogens with two attached hydrogens (primary N) is 1. The first-order valence-electron chi connectivity index (χ1n) is 7.51. The molecular weight excluding hydrogens is 385 g/mol. The second-order valence-electron chi connectivity index (χ2n) is 5.13. The Labute approximate surface area is 155 Å². The molecule has 2 rings (SSSR count). The molecular formula is C17H13F3N2O4S. The number of carbonyl (C=O) groups excluding carboxylic acids is 2. The summed E-state index contributed by atoms with van der Waals surface area (Å²) in [5.41, 5.74) is 4.78. The lowest BCUT2D eigenvalue weighted by Gasteiger charge is -2.09. The molecule has 2 aromatic rings. The van der Waals surface area contributed by atoms with Crippen LogP contribution >= 0.6 is 11.3 Å². The molecule has 0 fully saturated rings. The van der Waals surface area contributed by atoms with Gasteiger partial charge in [0.25, 0.3) is 0 Å². The van der Waals surface area contributed by atoms with Crippen molar-refractivity contribution >= 4 is 28.3 Å². The van der Waals surface area contributed by atoms with Gasteiger partial charge in [-0.3, -0.25) is 0 Å². The molecule has 0 spiro atoms. The Morgan fingerprint density at radius 3 is 2.33 bits per heavy atom. The van der Waals surface area contributed by atoms with Crippen LogP contribution in [0, 0.1) is 11.3 Å². The van der Waals surface area contributed by atoms with Crippen LogP contribution < -0.4 is 5.73 Å². The molecule has 0 unspecified atom stereocenters. The molecule has 27 heavy (non-hydrogen) atoms. The number of esters is 2. The highest BCUT2D eigenvalue weighted by Gasteiger charge is 2.30. The number of ether oxygens (including phenoxy) is 2. The molecule has 0 radical (unpaired) electrons. The Morgan fingerprint density at radius 1 is 1.19 bits per heavy atom. The second-order valence-corrected chi connectivity index (χ2v) is 6.18. The Balaban J connectivity index is 2.19. The summed E-state index contributed by atoms with van der Waals surface area (Å²) >= 11 is 0.830. The molecule has 1 aromatic heterocycles. The van der Waals surface area contributed by atoms with Crippen molar-refractivity contribution in [2.45, 2.75) is 19.7 Å². The number of nitriles is 1. The molecule has 0 aliphatic rings. The minimum atomic E-state index is -4.52. The summed E-state index contributed by atoms with van der Waals surface area (Å²) < 4.78 is 47.6. The van der Waals surface area contributed by atoms with Crippen molar-refractivity contribution in [2.24, 2.45) is 0 Å². The van der Waals surface area contributed by atoms with Crippen molar-refractivity contribution < 1.29 is 32.2 Å². The Kier molecular flexibility index (Phi) is 6.07. The van der Waals surface area contributed by atoms with E-state index in [1.807, 2.05) is 6.07 Å². The molecule has 0 bridgehead atoms. The highest BCUT2D eigenvalue weighted by Crippen LogP contribution is 2.32. The summed E-state index contributed by atoms with van der Waals surface area (Å²) in [6.07, 6.45) is -4.52. The number of thiophene rings is 1. The Hall–Kier alpha value is -3.06. The van der Waals surface area contributed by atoms with Crippen LogP contribution in [-0.4, -0.2) is 18.5 Å². The molecule has 142 valence electrons. The summed E-state index contributed by atoms with van der Waals surface area (Å²) in [5.74, 6) is -1.62. The second kappa shape index (κ2) is 8.09. The van der Waals surface area contributed by atoms with Crippen LogP contribution in [0.15, 0.2) is 24.3 Å². The Morgan fingerprint density at radius 2 is 1.81 bits per heavy atom. The molecule has 0 aliphatic heterocycles. The van der Waals surface area contributed by atoms with E-state index >= 15 is 0 Å². The van der Waals surface area contributed by atoms with E-state index in [1.54, 1.807) is 6.92 Å². The zero-order valence-electron chi connectivity index (χ0n) is 13.9. The summed E-state index contributed by atoms with van der Waals surface area (Å²) in [7, 11) is 0. The van der Waals surface area contributed by atoms with Crippen LogP contribution in [0.25, 0.3) is 0 Å². The van der Waals surface area contributed by atoms with Crippen LogP contribution in [0.1, 0.15) is 43.6 Å². The predicted octanol–water partition coefficient (Wildman–Crippen LogP) is 3.75. The standard InChI is InChI=1S/C17H13F3N2O4S/c1-2-25-16(24)13-12(11(7-21)14(22)27-13)8-26-15(23)9-3-5-10(6-4-9)17(18,19)20/h3-6H,2,8,22H2,1H3. The highest BCUT2D eigenvalue weighted by atomic mass is 32.1. The third kappa shape index (κ3) is 4.57. The van der Waals surface area contributed by atoms with Crippen LogP contribution in [0.4, 0.5) is 18.2 Å². The SMILES string of the molecule is CCOC(=O)c1sc(N)c(C#N)c1COC(=O)c1ccc(C(F)(F)F)cc1. The van der Waals surface area contributed by atoms with Gasteiger partial charge in [-0.15, -0.1) is 11.3 Å². The lowest BCUT2D eigenvalue weighted by Crippen LogP contribution is -2.11. The summed E-state index contributed by atoms with van der Waals surface area (Å²) in [6, 6.07) is 5.29. The number of hydrogen-bond acceptors (Lipinski definition) is 7. The van der Waals surface area contributed by atoms with Gasteiger partial charge in [0.05, 0.1) is 23.3 Å². The van der Waals surface area contributed by atoms with E-state index < -0.39 is 30.3 Å². The monoisotopic (exact) mass is 398 g/mol. The zero-order chi connectivity index (χ0) is 20.2. The van der Waals surface area contributed by atoms with Crippen molar-refractivity contribution in [3.8, 4) is 6.07 Å².